The lowest BCUT2D eigenvalue weighted by molar-refractivity contribution is 0.794. The predicted molar refractivity (Wildman–Crippen MR) is 385 cm³/mol. The molecule has 4 aliphatic rings. The molecule has 1 unspecified atom stereocenters. The monoisotopic (exact) mass is 1190 g/mol. The maximum atomic E-state index is 15.6. The SMILES string of the molecule is O=c1c2ccccc2c2cc(-c3ccccc3)cc3c4ccc5c(c4n1c23)-c1ccccc1C51c2ccccc2-c2cc(-c3ccc4c(c3)sc3c4cc4c5ccc6c(c5n5c(=O)c7ccccc7c3c45)-c3ccccc3C63c4ccccc4-c4ccccc43)ccc21. The molecule has 4 nitrogen and oxygen atoms in total. The molecule has 5 aromatic heterocycles. The molecule has 5 heteroatoms. The summed E-state index contributed by atoms with van der Waals surface area (Å²) in [4.78, 5) is 31.0. The van der Waals surface area contributed by atoms with Crippen LogP contribution >= 0.6 is 11.3 Å². The number of thiophene rings is 1. The molecule has 93 heavy (non-hydrogen) atoms. The quantitative estimate of drug-likeness (QED) is 0.162. The van der Waals surface area contributed by atoms with Gasteiger partial charge in [0, 0.05) is 74.4 Å². The highest BCUT2D eigenvalue weighted by atomic mass is 32.1. The summed E-state index contributed by atoms with van der Waals surface area (Å²) in [6.45, 7) is 0. The minimum Gasteiger partial charge on any atom is -0.274 e. The van der Waals surface area contributed by atoms with Crippen molar-refractivity contribution in [3.05, 3.63) is 344 Å². The van der Waals surface area contributed by atoms with Crippen molar-refractivity contribution in [2.24, 2.45) is 0 Å². The average molecular weight is 1200 g/mol. The minimum atomic E-state index is -0.644. The molecule has 5 heterocycles. The Morgan fingerprint density at radius 3 is 1.27 bits per heavy atom. The number of aromatic nitrogens is 2. The zero-order valence-electron chi connectivity index (χ0n) is 49.7. The summed E-state index contributed by atoms with van der Waals surface area (Å²) < 4.78 is 6.55. The van der Waals surface area contributed by atoms with E-state index in [1.54, 1.807) is 0 Å². The highest BCUT2D eigenvalue weighted by Crippen LogP contribution is 2.67. The van der Waals surface area contributed by atoms with E-state index in [4.69, 9.17) is 0 Å². The Bertz CT molecular complexity index is 6820. The van der Waals surface area contributed by atoms with E-state index in [1.807, 2.05) is 41.7 Å². The Balaban J connectivity index is 0.731. The number of rotatable bonds is 2. The van der Waals surface area contributed by atoms with E-state index >= 15 is 9.59 Å². The fourth-order valence-electron chi connectivity index (χ4n) is 19.0. The number of benzene rings is 14. The van der Waals surface area contributed by atoms with Crippen LogP contribution in [0.4, 0.5) is 0 Å². The van der Waals surface area contributed by atoms with Crippen molar-refractivity contribution in [1.82, 2.24) is 8.80 Å². The van der Waals surface area contributed by atoms with E-state index in [2.05, 4.69) is 258 Å². The van der Waals surface area contributed by atoms with Crippen molar-refractivity contribution < 1.29 is 0 Å². The highest BCUT2D eigenvalue weighted by molar-refractivity contribution is 7.27. The third-order valence-electron chi connectivity index (χ3n) is 22.4. The summed E-state index contributed by atoms with van der Waals surface area (Å²) in [7, 11) is 0. The second-order valence-electron chi connectivity index (χ2n) is 26.3. The fourth-order valence-corrected chi connectivity index (χ4v) is 20.3. The second-order valence-corrected chi connectivity index (χ2v) is 27.3. The summed E-state index contributed by atoms with van der Waals surface area (Å²) in [5.74, 6) is 0. The van der Waals surface area contributed by atoms with Crippen molar-refractivity contribution in [1.29, 1.82) is 0 Å². The smallest absolute Gasteiger partial charge is 0.263 e. The number of hydrogen-bond acceptors (Lipinski definition) is 3. The van der Waals surface area contributed by atoms with Crippen LogP contribution in [0.5, 0.6) is 0 Å². The zero-order chi connectivity index (χ0) is 60.5. The third-order valence-corrected chi connectivity index (χ3v) is 23.6. The maximum Gasteiger partial charge on any atom is 0.263 e. The number of nitrogens with zero attached hydrogens (tertiary/aromatic N) is 2. The van der Waals surface area contributed by atoms with Gasteiger partial charge >= 0.3 is 0 Å². The molecule has 0 saturated carbocycles. The summed E-state index contributed by atoms with van der Waals surface area (Å²) in [6, 6.07) is 102. The van der Waals surface area contributed by atoms with Crippen LogP contribution in [0.1, 0.15) is 44.5 Å². The summed E-state index contributed by atoms with van der Waals surface area (Å²) >= 11 is 1.84. The van der Waals surface area contributed by atoms with Gasteiger partial charge in [0.2, 0.25) is 0 Å². The van der Waals surface area contributed by atoms with Crippen LogP contribution in [0, 0.1) is 0 Å². The molecule has 14 aromatic carbocycles. The largest absolute Gasteiger partial charge is 0.274 e. The molecule has 426 valence electrons. The molecule has 0 bridgehead atoms. The van der Waals surface area contributed by atoms with Crippen LogP contribution in [0.15, 0.2) is 289 Å². The molecule has 0 amide bonds. The normalized spacial score (nSPS) is 15.3. The molecule has 2 spiro atoms. The van der Waals surface area contributed by atoms with Gasteiger partial charge in [0.25, 0.3) is 11.1 Å². The van der Waals surface area contributed by atoms with Crippen molar-refractivity contribution in [2.45, 2.75) is 10.8 Å². The molecule has 23 rings (SSSR count). The first-order chi connectivity index (χ1) is 46.0. The van der Waals surface area contributed by atoms with E-state index in [1.165, 1.54) is 92.5 Å². The Labute approximate surface area is 534 Å². The standard InChI is InChI=1S/C88H46N2O2S/c91-85-59-25-6-4-20-51(59)64-43-50(47-18-2-1-3-19-47)44-65-57-37-40-75-77(81(57)89(85)80(64)65)62-28-12-17-33-72(62)88(75)70-31-15-10-23-54(70)63-42-48(35-39-73(63)88)49-34-36-55-67-46-66-58-38-41-74-78(82(58)90-83(66)79(84(67)93-76(55)45-49)56-24-5-7-26-60(56)86(90)92)61-27-11-16-32-71(61)87(74)68-29-13-8-21-52(68)53-22-9-14-30-69(53)87/h1-46H. The number of hydrogen-bond donors (Lipinski definition) is 0. The summed E-state index contributed by atoms with van der Waals surface area (Å²) in [5, 5.41) is 12.3. The average Bonchev–Trinajstić information content (AvgIpc) is 1.50. The predicted octanol–water partition coefficient (Wildman–Crippen LogP) is 21.1. The van der Waals surface area contributed by atoms with E-state index in [0.717, 1.165) is 109 Å². The Kier molecular flexibility index (Phi) is 8.86. The van der Waals surface area contributed by atoms with Gasteiger partial charge < -0.3 is 0 Å². The minimum absolute atomic E-state index is 0.00549. The first-order valence-electron chi connectivity index (χ1n) is 32.1. The fraction of sp³-hybridized carbons (Fsp3) is 0.0227. The lowest BCUT2D eigenvalue weighted by Crippen LogP contribution is -2.25. The molecule has 0 fully saturated rings. The molecule has 4 aliphatic carbocycles. The topological polar surface area (TPSA) is 43.0 Å². The third kappa shape index (κ3) is 5.56. The van der Waals surface area contributed by atoms with Crippen LogP contribution in [0.2, 0.25) is 0 Å². The lowest BCUT2D eigenvalue weighted by atomic mass is 9.70. The van der Waals surface area contributed by atoms with Gasteiger partial charge in [0.1, 0.15) is 0 Å². The van der Waals surface area contributed by atoms with Gasteiger partial charge in [-0.1, -0.05) is 237 Å². The van der Waals surface area contributed by atoms with Crippen LogP contribution < -0.4 is 11.1 Å². The lowest BCUT2D eigenvalue weighted by Gasteiger charge is -2.30. The van der Waals surface area contributed by atoms with Crippen molar-refractivity contribution >= 4 is 107 Å². The van der Waals surface area contributed by atoms with Crippen molar-refractivity contribution in [3.8, 4) is 66.8 Å². The van der Waals surface area contributed by atoms with E-state index < -0.39 is 10.8 Å². The Hall–Kier alpha value is -11.8. The highest BCUT2D eigenvalue weighted by Gasteiger charge is 2.54. The van der Waals surface area contributed by atoms with Crippen LogP contribution in [-0.4, -0.2) is 8.80 Å². The maximum absolute atomic E-state index is 15.6. The van der Waals surface area contributed by atoms with Crippen LogP contribution in [0.3, 0.4) is 0 Å². The molecular formula is C88H46N2O2S. The van der Waals surface area contributed by atoms with Crippen molar-refractivity contribution in [3.63, 3.8) is 0 Å². The van der Waals surface area contributed by atoms with E-state index in [9.17, 15) is 0 Å². The molecule has 0 N–H and O–H groups in total. The van der Waals surface area contributed by atoms with Gasteiger partial charge in [-0.25, -0.2) is 0 Å². The van der Waals surface area contributed by atoms with Gasteiger partial charge in [-0.2, -0.15) is 0 Å². The first-order valence-corrected chi connectivity index (χ1v) is 33.0. The first kappa shape index (κ1) is 49.1. The van der Waals surface area contributed by atoms with Gasteiger partial charge in [-0.3, -0.25) is 18.4 Å². The molecule has 0 saturated heterocycles. The van der Waals surface area contributed by atoms with Crippen molar-refractivity contribution in [2.75, 3.05) is 0 Å². The summed E-state index contributed by atoms with van der Waals surface area (Å²) in [5.41, 5.74) is 26.8. The number of pyridine rings is 2. The van der Waals surface area contributed by atoms with Crippen LogP contribution in [-0.2, 0) is 10.8 Å². The van der Waals surface area contributed by atoms with Gasteiger partial charge in [-0.05, 0) is 153 Å². The number of fused-ring (bicyclic) bond motifs is 36. The van der Waals surface area contributed by atoms with Gasteiger partial charge in [0.15, 0.2) is 0 Å². The molecule has 19 aromatic rings. The van der Waals surface area contributed by atoms with Crippen LogP contribution in [0.25, 0.3) is 163 Å². The van der Waals surface area contributed by atoms with Gasteiger partial charge in [-0.15, -0.1) is 11.3 Å². The van der Waals surface area contributed by atoms with Gasteiger partial charge in [0.05, 0.1) is 32.9 Å². The van der Waals surface area contributed by atoms with E-state index in [0.29, 0.717) is 5.39 Å². The molecule has 1 atom stereocenters. The Morgan fingerprint density at radius 2 is 0.667 bits per heavy atom. The molecule has 0 aliphatic heterocycles. The molecule has 0 radical (unpaired) electrons. The second kappa shape index (κ2) is 16.8. The Morgan fingerprint density at radius 1 is 0.247 bits per heavy atom. The summed E-state index contributed by atoms with van der Waals surface area (Å²) in [6.07, 6.45) is 0. The molecular weight excluding hydrogens is 1150 g/mol. The zero-order valence-corrected chi connectivity index (χ0v) is 50.5. The van der Waals surface area contributed by atoms with E-state index in [-0.39, 0.29) is 11.1 Å².